The van der Waals surface area contributed by atoms with Gasteiger partial charge in [-0.25, -0.2) is 0 Å². The van der Waals surface area contributed by atoms with E-state index in [9.17, 15) is 4.79 Å². The molecule has 0 unspecified atom stereocenters. The summed E-state index contributed by atoms with van der Waals surface area (Å²) in [5.41, 5.74) is 5.85. The molecule has 0 bridgehead atoms. The number of aldehydes is 1. The normalized spacial score (nSPS) is 10.5. The molecule has 2 heteroatoms. The molecule has 0 saturated heterocycles. The zero-order valence-corrected chi connectivity index (χ0v) is 15.2. The zero-order valence-electron chi connectivity index (χ0n) is 15.2. The first kappa shape index (κ1) is 17.9. The molecule has 0 fully saturated rings. The van der Waals surface area contributed by atoms with Crippen molar-refractivity contribution in [3.63, 3.8) is 0 Å². The Bertz CT molecular complexity index is 836. The second-order valence-corrected chi connectivity index (χ2v) is 6.43. The SMILES string of the molecule is CCc1ccc(Cc2ccc(CC=O)cc2OCc2ccccc2)cc1. The summed E-state index contributed by atoms with van der Waals surface area (Å²) in [6.07, 6.45) is 3.20. The van der Waals surface area contributed by atoms with Gasteiger partial charge in [0, 0.05) is 12.8 Å². The largest absolute Gasteiger partial charge is 0.489 e. The third kappa shape index (κ3) is 4.82. The number of carbonyl (C=O) groups excluding carboxylic acids is 1. The standard InChI is InChI=1S/C24H24O2/c1-2-19-8-10-20(11-9-19)16-23-13-12-21(14-15-25)17-24(23)26-18-22-6-4-3-5-7-22/h3-13,15,17H,2,14,16,18H2,1H3. The average molecular weight is 344 g/mol. The first-order valence-corrected chi connectivity index (χ1v) is 9.08. The van der Waals surface area contributed by atoms with E-state index in [2.05, 4.69) is 49.4 Å². The first-order chi connectivity index (χ1) is 12.8. The monoisotopic (exact) mass is 344 g/mol. The zero-order chi connectivity index (χ0) is 18.2. The molecular formula is C24H24O2. The van der Waals surface area contributed by atoms with E-state index >= 15 is 0 Å². The maximum absolute atomic E-state index is 10.9. The molecule has 0 amide bonds. The van der Waals surface area contributed by atoms with Crippen LogP contribution in [0.5, 0.6) is 5.75 Å². The van der Waals surface area contributed by atoms with Crippen LogP contribution in [-0.4, -0.2) is 6.29 Å². The number of carbonyl (C=O) groups is 1. The molecule has 0 atom stereocenters. The van der Waals surface area contributed by atoms with Gasteiger partial charge < -0.3 is 9.53 Å². The summed E-state index contributed by atoms with van der Waals surface area (Å²) in [5.74, 6) is 0.854. The molecule has 0 aliphatic carbocycles. The van der Waals surface area contributed by atoms with Crippen molar-refractivity contribution in [3.05, 3.63) is 101 Å². The molecular weight excluding hydrogens is 320 g/mol. The second kappa shape index (κ2) is 9.00. The van der Waals surface area contributed by atoms with Crippen LogP contribution in [0.2, 0.25) is 0 Å². The molecule has 0 aliphatic rings. The maximum Gasteiger partial charge on any atom is 0.124 e. The molecule has 26 heavy (non-hydrogen) atoms. The molecule has 3 aromatic rings. The quantitative estimate of drug-likeness (QED) is 0.528. The lowest BCUT2D eigenvalue weighted by Crippen LogP contribution is -2.01. The number of rotatable bonds is 8. The van der Waals surface area contributed by atoms with Gasteiger partial charge in [-0.15, -0.1) is 0 Å². The highest BCUT2D eigenvalue weighted by molar-refractivity contribution is 5.56. The van der Waals surface area contributed by atoms with E-state index in [0.717, 1.165) is 41.6 Å². The smallest absolute Gasteiger partial charge is 0.124 e. The van der Waals surface area contributed by atoms with Gasteiger partial charge in [-0.1, -0.05) is 73.7 Å². The molecule has 0 aliphatic heterocycles. The Hall–Kier alpha value is -2.87. The van der Waals surface area contributed by atoms with E-state index in [1.54, 1.807) is 0 Å². The molecule has 0 radical (unpaired) electrons. The molecule has 2 nitrogen and oxygen atoms in total. The lowest BCUT2D eigenvalue weighted by atomic mass is 10.00. The Labute approximate surface area is 155 Å². The fourth-order valence-electron chi connectivity index (χ4n) is 2.95. The van der Waals surface area contributed by atoms with Gasteiger partial charge in [0.15, 0.2) is 0 Å². The predicted octanol–water partition coefficient (Wildman–Crippen LogP) is 5.16. The summed E-state index contributed by atoms with van der Waals surface area (Å²) >= 11 is 0. The minimum Gasteiger partial charge on any atom is -0.489 e. The Morgan fingerprint density at radius 2 is 1.50 bits per heavy atom. The highest BCUT2D eigenvalue weighted by Crippen LogP contribution is 2.25. The Morgan fingerprint density at radius 3 is 2.19 bits per heavy atom. The highest BCUT2D eigenvalue weighted by Gasteiger charge is 2.08. The fourth-order valence-corrected chi connectivity index (χ4v) is 2.95. The summed E-state index contributed by atoms with van der Waals surface area (Å²) in [6, 6.07) is 24.9. The van der Waals surface area contributed by atoms with Crippen LogP contribution in [0.3, 0.4) is 0 Å². The van der Waals surface area contributed by atoms with Crippen LogP contribution in [0.1, 0.15) is 34.7 Å². The van der Waals surface area contributed by atoms with Crippen molar-refractivity contribution in [3.8, 4) is 5.75 Å². The van der Waals surface area contributed by atoms with Crippen LogP contribution in [0, 0.1) is 0 Å². The topological polar surface area (TPSA) is 26.3 Å². The number of hydrogen-bond donors (Lipinski definition) is 0. The van der Waals surface area contributed by atoms with Crippen molar-refractivity contribution >= 4 is 6.29 Å². The van der Waals surface area contributed by atoms with Gasteiger partial charge in [0.1, 0.15) is 18.6 Å². The molecule has 0 N–H and O–H groups in total. The van der Waals surface area contributed by atoms with Crippen molar-refractivity contribution in [2.75, 3.05) is 0 Å². The first-order valence-electron chi connectivity index (χ1n) is 9.08. The van der Waals surface area contributed by atoms with Gasteiger partial charge in [-0.2, -0.15) is 0 Å². The third-order valence-electron chi connectivity index (χ3n) is 4.51. The number of aryl methyl sites for hydroxylation is 1. The summed E-state index contributed by atoms with van der Waals surface area (Å²) < 4.78 is 6.11. The molecule has 132 valence electrons. The fraction of sp³-hybridized carbons (Fsp3) is 0.208. The number of ether oxygens (including phenoxy) is 1. The molecule has 0 heterocycles. The van der Waals surface area contributed by atoms with E-state index in [-0.39, 0.29) is 0 Å². The van der Waals surface area contributed by atoms with Gasteiger partial charge in [0.2, 0.25) is 0 Å². The van der Waals surface area contributed by atoms with E-state index in [4.69, 9.17) is 4.74 Å². The summed E-state index contributed by atoms with van der Waals surface area (Å²) in [5, 5.41) is 0. The minimum atomic E-state index is 0.410. The second-order valence-electron chi connectivity index (χ2n) is 6.43. The lowest BCUT2D eigenvalue weighted by Gasteiger charge is -2.13. The number of benzene rings is 3. The van der Waals surface area contributed by atoms with Crippen molar-refractivity contribution in [2.24, 2.45) is 0 Å². The Balaban J connectivity index is 1.81. The predicted molar refractivity (Wildman–Crippen MR) is 106 cm³/mol. The summed E-state index contributed by atoms with van der Waals surface area (Å²) in [6.45, 7) is 2.68. The maximum atomic E-state index is 10.9. The molecule has 0 aromatic heterocycles. The van der Waals surface area contributed by atoms with E-state index in [1.165, 1.54) is 11.1 Å². The minimum absolute atomic E-state index is 0.410. The van der Waals surface area contributed by atoms with E-state index in [0.29, 0.717) is 13.0 Å². The van der Waals surface area contributed by atoms with Gasteiger partial charge in [0.25, 0.3) is 0 Å². The van der Waals surface area contributed by atoms with E-state index in [1.807, 2.05) is 30.3 Å². The van der Waals surface area contributed by atoms with Gasteiger partial charge >= 0.3 is 0 Å². The van der Waals surface area contributed by atoms with Crippen LogP contribution in [0.15, 0.2) is 72.8 Å². The molecule has 3 aromatic carbocycles. The van der Waals surface area contributed by atoms with Crippen molar-refractivity contribution in [2.45, 2.75) is 32.8 Å². The van der Waals surface area contributed by atoms with Crippen LogP contribution in [-0.2, 0) is 30.7 Å². The van der Waals surface area contributed by atoms with Gasteiger partial charge in [-0.05, 0) is 40.3 Å². The Kier molecular flexibility index (Phi) is 6.21. The van der Waals surface area contributed by atoms with Gasteiger partial charge in [0.05, 0.1) is 0 Å². The van der Waals surface area contributed by atoms with Crippen LogP contribution >= 0.6 is 0 Å². The molecule has 0 saturated carbocycles. The molecule has 0 spiro atoms. The average Bonchev–Trinajstić information content (AvgIpc) is 2.69. The Morgan fingerprint density at radius 1 is 0.808 bits per heavy atom. The summed E-state index contributed by atoms with van der Waals surface area (Å²) in [7, 11) is 0. The lowest BCUT2D eigenvalue weighted by molar-refractivity contribution is -0.107. The third-order valence-corrected chi connectivity index (χ3v) is 4.51. The van der Waals surface area contributed by atoms with E-state index < -0.39 is 0 Å². The van der Waals surface area contributed by atoms with Gasteiger partial charge in [-0.3, -0.25) is 0 Å². The van der Waals surface area contributed by atoms with Crippen molar-refractivity contribution in [1.29, 1.82) is 0 Å². The molecule has 3 rings (SSSR count). The van der Waals surface area contributed by atoms with Crippen LogP contribution in [0.25, 0.3) is 0 Å². The van der Waals surface area contributed by atoms with Crippen LogP contribution in [0.4, 0.5) is 0 Å². The highest BCUT2D eigenvalue weighted by atomic mass is 16.5. The summed E-state index contributed by atoms with van der Waals surface area (Å²) in [4.78, 5) is 10.9. The van der Waals surface area contributed by atoms with Crippen LogP contribution < -0.4 is 4.74 Å². The van der Waals surface area contributed by atoms with Crippen molar-refractivity contribution in [1.82, 2.24) is 0 Å². The number of hydrogen-bond acceptors (Lipinski definition) is 2. The van der Waals surface area contributed by atoms with Crippen molar-refractivity contribution < 1.29 is 9.53 Å².